The molecule has 18 heavy (non-hydrogen) atoms. The molecule has 1 aliphatic rings. The number of rotatable bonds is 4. The van der Waals surface area contributed by atoms with Gasteiger partial charge in [-0.1, -0.05) is 6.42 Å². The molecule has 0 aromatic carbocycles. The summed E-state index contributed by atoms with van der Waals surface area (Å²) in [5, 5.41) is 0. The van der Waals surface area contributed by atoms with E-state index < -0.39 is 16.3 Å². The molecule has 1 N–H and O–H groups in total. The zero-order valence-corrected chi connectivity index (χ0v) is 11.3. The number of ketones is 1. The van der Waals surface area contributed by atoms with Crippen LogP contribution in [0.25, 0.3) is 0 Å². The summed E-state index contributed by atoms with van der Waals surface area (Å²) in [6, 6.07) is -0.376. The molecule has 1 rings (SSSR count). The Bertz CT molecular complexity index is 420. The molecule has 8 heteroatoms. The van der Waals surface area contributed by atoms with Crippen molar-refractivity contribution in [2.75, 3.05) is 13.7 Å². The lowest BCUT2D eigenvalue weighted by Crippen LogP contribution is -2.50. The van der Waals surface area contributed by atoms with Crippen LogP contribution in [0.2, 0.25) is 0 Å². The molecule has 1 amide bonds. The number of hydrogen-bond acceptors (Lipinski definition) is 5. The van der Waals surface area contributed by atoms with Crippen LogP contribution in [0.4, 0.5) is 4.79 Å². The van der Waals surface area contributed by atoms with E-state index in [-0.39, 0.29) is 18.2 Å². The summed E-state index contributed by atoms with van der Waals surface area (Å²) in [5.74, 6) is -0.0693. The first-order chi connectivity index (χ1) is 8.36. The number of amides is 1. The Hall–Kier alpha value is -1.15. The minimum absolute atomic E-state index is 0.0693. The second-order valence-electron chi connectivity index (χ2n) is 4.27. The summed E-state index contributed by atoms with van der Waals surface area (Å²) in [6.45, 7) is 1.73. The summed E-state index contributed by atoms with van der Waals surface area (Å²) >= 11 is 0. The zero-order valence-electron chi connectivity index (χ0n) is 10.5. The molecule has 1 atom stereocenters. The van der Waals surface area contributed by atoms with Crippen LogP contribution in [0, 0.1) is 0 Å². The highest BCUT2D eigenvalue weighted by molar-refractivity contribution is 7.87. The fourth-order valence-electron chi connectivity index (χ4n) is 2.03. The summed E-state index contributed by atoms with van der Waals surface area (Å²) in [5.41, 5.74) is 0. The fraction of sp³-hybridized carbons (Fsp3) is 0.800. The molecule has 0 aliphatic carbocycles. The lowest BCUT2D eigenvalue weighted by atomic mass is 10.0. The zero-order chi connectivity index (χ0) is 13.8. The highest BCUT2D eigenvalue weighted by atomic mass is 32.2. The van der Waals surface area contributed by atoms with E-state index >= 15 is 0 Å². The first-order valence-electron chi connectivity index (χ1n) is 5.74. The molecule has 0 bridgehead atoms. The maximum Gasteiger partial charge on any atom is 0.421 e. The van der Waals surface area contributed by atoms with Gasteiger partial charge in [0.2, 0.25) is 0 Å². The third kappa shape index (κ3) is 3.95. The van der Waals surface area contributed by atoms with Gasteiger partial charge in [0, 0.05) is 19.0 Å². The third-order valence-electron chi connectivity index (χ3n) is 2.80. The van der Waals surface area contributed by atoms with Crippen molar-refractivity contribution < 1.29 is 22.7 Å². The molecular weight excluding hydrogens is 260 g/mol. The predicted molar refractivity (Wildman–Crippen MR) is 64.1 cm³/mol. The van der Waals surface area contributed by atoms with Crippen LogP contribution < -0.4 is 4.72 Å². The van der Waals surface area contributed by atoms with Crippen LogP contribution in [0.1, 0.15) is 32.6 Å². The van der Waals surface area contributed by atoms with Crippen LogP contribution in [-0.2, 0) is 19.7 Å². The monoisotopic (exact) mass is 278 g/mol. The van der Waals surface area contributed by atoms with Gasteiger partial charge >= 0.3 is 16.3 Å². The van der Waals surface area contributed by atoms with E-state index in [1.54, 1.807) is 4.72 Å². The Labute approximate surface area is 107 Å². The molecule has 1 heterocycles. The number of methoxy groups -OCH3 is 1. The van der Waals surface area contributed by atoms with Gasteiger partial charge in [-0.05, 0) is 19.8 Å². The number of nitrogens with zero attached hydrogens (tertiary/aromatic N) is 1. The second kappa shape index (κ2) is 6.14. The maximum absolute atomic E-state index is 11.9. The smallest absolute Gasteiger partial charge is 0.421 e. The van der Waals surface area contributed by atoms with Crippen LogP contribution >= 0.6 is 0 Å². The van der Waals surface area contributed by atoms with Crippen molar-refractivity contribution in [3.8, 4) is 0 Å². The number of Topliss-reactive ketones (excluding diaryl/α,β-unsaturated/α-hetero) is 1. The Kier molecular flexibility index (Phi) is 5.09. The highest BCUT2D eigenvalue weighted by Crippen LogP contribution is 2.22. The Morgan fingerprint density at radius 3 is 2.61 bits per heavy atom. The van der Waals surface area contributed by atoms with Crippen molar-refractivity contribution in [1.29, 1.82) is 0 Å². The number of piperidine rings is 1. The van der Waals surface area contributed by atoms with Gasteiger partial charge in [-0.25, -0.2) is 9.52 Å². The largest absolute Gasteiger partial charge is 0.452 e. The number of carbonyl (C=O) groups is 2. The summed E-state index contributed by atoms with van der Waals surface area (Å²) in [7, 11) is -2.84. The third-order valence-corrected chi connectivity index (χ3v) is 4.33. The van der Waals surface area contributed by atoms with Gasteiger partial charge in [-0.2, -0.15) is 12.7 Å². The lowest BCUT2D eigenvalue weighted by Gasteiger charge is -2.33. The van der Waals surface area contributed by atoms with E-state index in [0.29, 0.717) is 13.0 Å². The molecule has 0 aromatic heterocycles. The predicted octanol–water partition coefficient (Wildman–Crippen LogP) is 0.421. The topological polar surface area (TPSA) is 92.8 Å². The Morgan fingerprint density at radius 1 is 1.39 bits per heavy atom. The van der Waals surface area contributed by atoms with Gasteiger partial charge in [-0.3, -0.25) is 4.79 Å². The average Bonchev–Trinajstić information content (AvgIpc) is 2.28. The standard InChI is InChI=1S/C10H18N2O5S/c1-8(13)7-9-5-3-4-6-12(9)18(15,16)11-10(14)17-2/h9H,3-7H2,1-2H3,(H,11,14). The van der Waals surface area contributed by atoms with Crippen LogP contribution in [0.5, 0.6) is 0 Å². The normalized spacial score (nSPS) is 21.3. The van der Waals surface area contributed by atoms with Crippen molar-refractivity contribution in [2.45, 2.75) is 38.6 Å². The number of hydrogen-bond donors (Lipinski definition) is 1. The van der Waals surface area contributed by atoms with Gasteiger partial charge < -0.3 is 4.74 Å². The average molecular weight is 278 g/mol. The first-order valence-corrected chi connectivity index (χ1v) is 7.18. The molecular formula is C10H18N2O5S. The molecule has 7 nitrogen and oxygen atoms in total. The summed E-state index contributed by atoms with van der Waals surface area (Å²) < 4.78 is 31.1. The van der Waals surface area contributed by atoms with Gasteiger partial charge in [0.25, 0.3) is 0 Å². The SMILES string of the molecule is COC(=O)NS(=O)(=O)N1CCCCC1CC(C)=O. The fourth-order valence-corrected chi connectivity index (χ4v) is 3.39. The van der Waals surface area contributed by atoms with Crippen molar-refractivity contribution in [2.24, 2.45) is 0 Å². The summed E-state index contributed by atoms with van der Waals surface area (Å²) in [4.78, 5) is 22.1. The van der Waals surface area contributed by atoms with Crippen LogP contribution in [0.3, 0.4) is 0 Å². The quantitative estimate of drug-likeness (QED) is 0.804. The minimum atomic E-state index is -3.93. The molecule has 1 aliphatic heterocycles. The molecule has 1 unspecified atom stereocenters. The van der Waals surface area contributed by atoms with Crippen molar-refractivity contribution in [3.63, 3.8) is 0 Å². The number of ether oxygens (including phenoxy) is 1. The molecule has 0 saturated carbocycles. The summed E-state index contributed by atoms with van der Waals surface area (Å²) in [6.07, 6.45) is 1.37. The van der Waals surface area contributed by atoms with Gasteiger partial charge in [-0.15, -0.1) is 0 Å². The number of nitrogens with one attached hydrogen (secondary N) is 1. The lowest BCUT2D eigenvalue weighted by molar-refractivity contribution is -0.118. The van der Waals surface area contributed by atoms with E-state index in [9.17, 15) is 18.0 Å². The minimum Gasteiger partial charge on any atom is -0.452 e. The van der Waals surface area contributed by atoms with E-state index in [1.807, 2.05) is 0 Å². The van der Waals surface area contributed by atoms with E-state index in [0.717, 1.165) is 20.0 Å². The highest BCUT2D eigenvalue weighted by Gasteiger charge is 2.34. The van der Waals surface area contributed by atoms with E-state index in [4.69, 9.17) is 0 Å². The molecule has 0 radical (unpaired) electrons. The molecule has 0 spiro atoms. The van der Waals surface area contributed by atoms with Gasteiger partial charge in [0.1, 0.15) is 5.78 Å². The maximum atomic E-state index is 11.9. The molecule has 104 valence electrons. The van der Waals surface area contributed by atoms with E-state index in [1.165, 1.54) is 11.2 Å². The Balaban J connectivity index is 2.82. The van der Waals surface area contributed by atoms with Crippen LogP contribution in [0.15, 0.2) is 0 Å². The first kappa shape index (κ1) is 14.9. The van der Waals surface area contributed by atoms with Crippen molar-refractivity contribution in [3.05, 3.63) is 0 Å². The second-order valence-corrected chi connectivity index (χ2v) is 5.89. The molecule has 0 aromatic rings. The number of carbonyl (C=O) groups excluding carboxylic acids is 2. The van der Waals surface area contributed by atoms with Crippen molar-refractivity contribution in [1.82, 2.24) is 9.03 Å². The van der Waals surface area contributed by atoms with E-state index in [2.05, 4.69) is 4.74 Å². The van der Waals surface area contributed by atoms with Crippen LogP contribution in [-0.4, -0.2) is 44.3 Å². The molecule has 1 saturated heterocycles. The van der Waals surface area contributed by atoms with Gasteiger partial charge in [0.05, 0.1) is 7.11 Å². The Morgan fingerprint density at radius 2 is 2.06 bits per heavy atom. The van der Waals surface area contributed by atoms with Gasteiger partial charge in [0.15, 0.2) is 0 Å². The van der Waals surface area contributed by atoms with Crippen molar-refractivity contribution >= 4 is 22.1 Å². The molecule has 1 fully saturated rings.